The highest BCUT2D eigenvalue weighted by Gasteiger charge is 2.26. The number of H-pyrrole nitrogens is 1. The van der Waals surface area contributed by atoms with E-state index in [0.717, 1.165) is 18.2 Å². The number of hydrogen-bond acceptors (Lipinski definition) is 7. The summed E-state index contributed by atoms with van der Waals surface area (Å²) in [5.41, 5.74) is 0. The minimum absolute atomic E-state index is 0.166. The SMILES string of the molecule is CCOc1cncc(N2CCOC(c3n[nH]c(C)n3)C2)n1. The van der Waals surface area contributed by atoms with E-state index in [1.54, 1.807) is 12.4 Å². The Labute approximate surface area is 122 Å². The molecule has 3 heterocycles. The number of ether oxygens (including phenoxy) is 2. The maximum atomic E-state index is 5.74. The van der Waals surface area contributed by atoms with Gasteiger partial charge in [-0.2, -0.15) is 10.1 Å². The number of morpholine rings is 1. The summed E-state index contributed by atoms with van der Waals surface area (Å²) < 4.78 is 11.1. The maximum Gasteiger partial charge on any atom is 0.234 e. The molecule has 2 aromatic heterocycles. The molecule has 1 aliphatic heterocycles. The van der Waals surface area contributed by atoms with Crippen LogP contribution in [0, 0.1) is 6.92 Å². The molecule has 1 unspecified atom stereocenters. The molecule has 0 aromatic carbocycles. The summed E-state index contributed by atoms with van der Waals surface area (Å²) in [4.78, 5) is 15.1. The molecule has 0 bridgehead atoms. The molecule has 1 saturated heterocycles. The van der Waals surface area contributed by atoms with E-state index >= 15 is 0 Å². The first kappa shape index (κ1) is 13.7. The first-order chi connectivity index (χ1) is 10.3. The summed E-state index contributed by atoms with van der Waals surface area (Å²) in [6.07, 6.45) is 3.18. The van der Waals surface area contributed by atoms with Gasteiger partial charge in [-0.3, -0.25) is 10.1 Å². The molecular weight excluding hydrogens is 272 g/mol. The molecule has 2 aromatic rings. The van der Waals surface area contributed by atoms with Gasteiger partial charge in [0.25, 0.3) is 0 Å². The Balaban J connectivity index is 1.75. The van der Waals surface area contributed by atoms with Crippen LogP contribution >= 0.6 is 0 Å². The van der Waals surface area contributed by atoms with Crippen LogP contribution in [0.25, 0.3) is 0 Å². The predicted octanol–water partition coefficient (Wildman–Crippen LogP) is 0.880. The molecule has 0 amide bonds. The Morgan fingerprint density at radius 1 is 1.43 bits per heavy atom. The van der Waals surface area contributed by atoms with Crippen molar-refractivity contribution >= 4 is 5.82 Å². The van der Waals surface area contributed by atoms with E-state index in [4.69, 9.17) is 9.47 Å². The minimum atomic E-state index is -0.166. The van der Waals surface area contributed by atoms with Crippen LogP contribution in [-0.4, -0.2) is 51.5 Å². The Morgan fingerprint density at radius 3 is 3.10 bits per heavy atom. The van der Waals surface area contributed by atoms with Gasteiger partial charge in [0.1, 0.15) is 11.9 Å². The van der Waals surface area contributed by atoms with E-state index in [1.165, 1.54) is 0 Å². The second-order valence-corrected chi connectivity index (χ2v) is 4.73. The molecule has 1 fully saturated rings. The van der Waals surface area contributed by atoms with Gasteiger partial charge < -0.3 is 14.4 Å². The molecule has 0 radical (unpaired) electrons. The van der Waals surface area contributed by atoms with Gasteiger partial charge in [0.05, 0.1) is 32.2 Å². The Hall–Kier alpha value is -2.22. The molecule has 3 rings (SSSR count). The minimum Gasteiger partial charge on any atom is -0.477 e. The Bertz CT molecular complexity index is 602. The Morgan fingerprint density at radius 2 is 2.33 bits per heavy atom. The van der Waals surface area contributed by atoms with Crippen molar-refractivity contribution in [3.8, 4) is 5.88 Å². The van der Waals surface area contributed by atoms with Gasteiger partial charge >= 0.3 is 0 Å². The van der Waals surface area contributed by atoms with Crippen molar-refractivity contribution in [2.45, 2.75) is 20.0 Å². The molecule has 0 spiro atoms. The fourth-order valence-corrected chi connectivity index (χ4v) is 2.23. The van der Waals surface area contributed by atoms with Crippen LogP contribution in [0.15, 0.2) is 12.4 Å². The first-order valence-electron chi connectivity index (χ1n) is 6.96. The smallest absolute Gasteiger partial charge is 0.234 e. The van der Waals surface area contributed by atoms with Crippen LogP contribution in [0.5, 0.6) is 5.88 Å². The van der Waals surface area contributed by atoms with Gasteiger partial charge in [-0.15, -0.1) is 0 Å². The number of nitrogens with zero attached hydrogens (tertiary/aromatic N) is 5. The summed E-state index contributed by atoms with van der Waals surface area (Å²) in [5.74, 6) is 2.77. The molecule has 112 valence electrons. The zero-order chi connectivity index (χ0) is 14.7. The largest absolute Gasteiger partial charge is 0.477 e. The van der Waals surface area contributed by atoms with Crippen LogP contribution in [0.1, 0.15) is 24.7 Å². The number of aromatic amines is 1. The van der Waals surface area contributed by atoms with Crippen molar-refractivity contribution < 1.29 is 9.47 Å². The lowest BCUT2D eigenvalue weighted by Gasteiger charge is -2.32. The van der Waals surface area contributed by atoms with E-state index in [-0.39, 0.29) is 6.10 Å². The molecule has 1 atom stereocenters. The summed E-state index contributed by atoms with van der Waals surface area (Å²) in [7, 11) is 0. The average molecular weight is 290 g/mol. The molecular formula is C13H18N6O2. The average Bonchev–Trinajstić information content (AvgIpc) is 2.95. The third-order valence-electron chi connectivity index (χ3n) is 3.18. The molecule has 8 heteroatoms. The van der Waals surface area contributed by atoms with E-state index in [1.807, 2.05) is 13.8 Å². The summed E-state index contributed by atoms with van der Waals surface area (Å²) in [6.45, 7) is 6.35. The van der Waals surface area contributed by atoms with Gasteiger partial charge in [0.2, 0.25) is 5.88 Å². The van der Waals surface area contributed by atoms with Crippen molar-refractivity contribution in [1.82, 2.24) is 25.1 Å². The number of anilines is 1. The monoisotopic (exact) mass is 290 g/mol. The van der Waals surface area contributed by atoms with Gasteiger partial charge in [-0.05, 0) is 13.8 Å². The highest BCUT2D eigenvalue weighted by Crippen LogP contribution is 2.23. The van der Waals surface area contributed by atoms with Crippen LogP contribution < -0.4 is 9.64 Å². The van der Waals surface area contributed by atoms with Crippen LogP contribution in [0.4, 0.5) is 5.82 Å². The molecule has 1 N–H and O–H groups in total. The number of hydrogen-bond donors (Lipinski definition) is 1. The third kappa shape index (κ3) is 3.10. The van der Waals surface area contributed by atoms with E-state index in [2.05, 4.69) is 30.0 Å². The molecule has 0 saturated carbocycles. The van der Waals surface area contributed by atoms with E-state index in [0.29, 0.717) is 31.5 Å². The van der Waals surface area contributed by atoms with E-state index < -0.39 is 0 Å². The lowest BCUT2D eigenvalue weighted by molar-refractivity contribution is 0.0339. The number of nitrogens with one attached hydrogen (secondary N) is 1. The number of aryl methyl sites for hydroxylation is 1. The summed E-state index contributed by atoms with van der Waals surface area (Å²) in [6, 6.07) is 0. The quantitative estimate of drug-likeness (QED) is 0.894. The Kier molecular flexibility index (Phi) is 3.96. The normalized spacial score (nSPS) is 18.8. The van der Waals surface area contributed by atoms with Gasteiger partial charge in [-0.25, -0.2) is 4.98 Å². The van der Waals surface area contributed by atoms with Crippen molar-refractivity contribution in [2.75, 3.05) is 31.2 Å². The topological polar surface area (TPSA) is 89.0 Å². The summed E-state index contributed by atoms with van der Waals surface area (Å²) in [5, 5.41) is 7.00. The molecule has 1 aliphatic rings. The predicted molar refractivity (Wildman–Crippen MR) is 75.2 cm³/mol. The van der Waals surface area contributed by atoms with Crippen LogP contribution in [0.3, 0.4) is 0 Å². The standard InChI is InChI=1S/C13H18N6O2/c1-3-20-12-7-14-6-11(16-12)19-4-5-21-10(8-19)13-15-9(2)17-18-13/h6-7,10H,3-5,8H2,1-2H3,(H,15,17,18). The van der Waals surface area contributed by atoms with Gasteiger partial charge in [-0.1, -0.05) is 0 Å². The van der Waals surface area contributed by atoms with Crippen LogP contribution in [-0.2, 0) is 4.74 Å². The lowest BCUT2D eigenvalue weighted by Crippen LogP contribution is -2.39. The second-order valence-electron chi connectivity index (χ2n) is 4.73. The van der Waals surface area contributed by atoms with Crippen molar-refractivity contribution in [2.24, 2.45) is 0 Å². The van der Waals surface area contributed by atoms with Crippen molar-refractivity contribution in [3.63, 3.8) is 0 Å². The fourth-order valence-electron chi connectivity index (χ4n) is 2.23. The van der Waals surface area contributed by atoms with Gasteiger partial charge in [0, 0.05) is 6.54 Å². The van der Waals surface area contributed by atoms with Gasteiger partial charge in [0.15, 0.2) is 11.6 Å². The summed E-state index contributed by atoms with van der Waals surface area (Å²) >= 11 is 0. The van der Waals surface area contributed by atoms with Crippen molar-refractivity contribution in [3.05, 3.63) is 24.0 Å². The first-order valence-corrected chi connectivity index (χ1v) is 6.96. The number of aromatic nitrogens is 5. The lowest BCUT2D eigenvalue weighted by atomic mass is 10.2. The van der Waals surface area contributed by atoms with E-state index in [9.17, 15) is 0 Å². The highest BCUT2D eigenvalue weighted by molar-refractivity contribution is 5.38. The highest BCUT2D eigenvalue weighted by atomic mass is 16.5. The molecule has 8 nitrogen and oxygen atoms in total. The third-order valence-corrected chi connectivity index (χ3v) is 3.18. The number of rotatable bonds is 4. The second kappa shape index (κ2) is 6.04. The zero-order valence-corrected chi connectivity index (χ0v) is 12.1. The molecule has 21 heavy (non-hydrogen) atoms. The van der Waals surface area contributed by atoms with Crippen molar-refractivity contribution in [1.29, 1.82) is 0 Å². The zero-order valence-electron chi connectivity index (χ0n) is 12.1. The van der Waals surface area contributed by atoms with Crippen LogP contribution in [0.2, 0.25) is 0 Å². The maximum absolute atomic E-state index is 5.74. The fraction of sp³-hybridized carbons (Fsp3) is 0.538. The molecule has 0 aliphatic carbocycles.